The molecule has 0 saturated heterocycles. The van der Waals surface area contributed by atoms with Crippen LogP contribution in [-0.2, 0) is 23.8 Å². The molecule has 102 valence electrons. The molecular formula is C11H21NaO5S. The van der Waals surface area contributed by atoms with Gasteiger partial charge >= 0.3 is 35.5 Å². The number of esters is 1. The van der Waals surface area contributed by atoms with Gasteiger partial charge in [-0.15, -0.1) is 0 Å². The van der Waals surface area contributed by atoms with Crippen LogP contribution in [0.25, 0.3) is 0 Å². The summed E-state index contributed by atoms with van der Waals surface area (Å²) in [6.45, 7) is 8.52. The third-order valence-electron chi connectivity index (χ3n) is 1.86. The number of carbonyl (C=O) groups excluding carboxylic acids is 1. The average Bonchev–Trinajstić information content (AvgIpc) is 2.16. The van der Waals surface area contributed by atoms with Crippen molar-refractivity contribution in [3.05, 3.63) is 12.2 Å². The summed E-state index contributed by atoms with van der Waals surface area (Å²) >= 11 is 0. The van der Waals surface area contributed by atoms with Gasteiger partial charge in [-0.25, -0.2) is 4.79 Å². The Bertz CT molecular complexity index is 369. The van der Waals surface area contributed by atoms with Crippen molar-refractivity contribution >= 4 is 16.1 Å². The van der Waals surface area contributed by atoms with Crippen molar-refractivity contribution in [2.24, 2.45) is 0 Å². The van der Waals surface area contributed by atoms with E-state index in [0.29, 0.717) is 6.42 Å². The summed E-state index contributed by atoms with van der Waals surface area (Å²) in [6, 6.07) is 0. The largest absolute Gasteiger partial charge is 1.00 e. The summed E-state index contributed by atoms with van der Waals surface area (Å²) in [5, 5.41) is 0. The maximum Gasteiger partial charge on any atom is 1.00 e. The maximum absolute atomic E-state index is 11.4. The van der Waals surface area contributed by atoms with Gasteiger partial charge in [-0.3, -0.25) is 4.18 Å². The molecule has 0 N–H and O–H groups in total. The van der Waals surface area contributed by atoms with Crippen molar-refractivity contribution in [1.29, 1.82) is 0 Å². The first-order valence-corrected chi connectivity index (χ1v) is 7.09. The van der Waals surface area contributed by atoms with Gasteiger partial charge in [-0.2, -0.15) is 8.42 Å². The molecule has 5 nitrogen and oxygen atoms in total. The molecule has 1 unspecified atom stereocenters. The molecule has 0 aliphatic carbocycles. The minimum atomic E-state index is -3.63. The van der Waals surface area contributed by atoms with E-state index in [1.807, 2.05) is 6.92 Å². The van der Waals surface area contributed by atoms with Gasteiger partial charge in [-0.05, 0) is 20.3 Å². The van der Waals surface area contributed by atoms with Crippen LogP contribution in [0.15, 0.2) is 12.2 Å². The van der Waals surface area contributed by atoms with Crippen LogP contribution in [0.2, 0.25) is 0 Å². The molecule has 0 radical (unpaired) electrons. The monoisotopic (exact) mass is 288 g/mol. The smallest absolute Gasteiger partial charge is 1.00 e. The van der Waals surface area contributed by atoms with Crippen LogP contribution in [0.1, 0.15) is 35.0 Å². The molecule has 0 rings (SSSR count). The van der Waals surface area contributed by atoms with Gasteiger partial charge in [0.2, 0.25) is 0 Å². The minimum Gasteiger partial charge on any atom is -1.00 e. The molecule has 0 heterocycles. The van der Waals surface area contributed by atoms with E-state index in [1.165, 1.54) is 13.8 Å². The number of hydrogen-bond donors (Lipinski definition) is 0. The van der Waals surface area contributed by atoms with Crippen molar-refractivity contribution in [2.45, 2.75) is 39.7 Å². The number of unbranched alkanes of at least 4 members (excludes halogenated alkanes) is 1. The fourth-order valence-electron chi connectivity index (χ4n) is 0.983. The third kappa shape index (κ3) is 10.1. The van der Waals surface area contributed by atoms with E-state index in [4.69, 9.17) is 8.92 Å². The summed E-state index contributed by atoms with van der Waals surface area (Å²) < 4.78 is 32.5. The molecule has 0 amide bonds. The van der Waals surface area contributed by atoms with Crippen LogP contribution >= 0.6 is 0 Å². The minimum absolute atomic E-state index is 0. The molecular weight excluding hydrogens is 267 g/mol. The Morgan fingerprint density at radius 1 is 1.44 bits per heavy atom. The molecule has 0 aliphatic heterocycles. The second-order valence-electron chi connectivity index (χ2n) is 3.90. The van der Waals surface area contributed by atoms with Crippen LogP contribution in [0.5, 0.6) is 0 Å². The van der Waals surface area contributed by atoms with Crippen molar-refractivity contribution in [1.82, 2.24) is 0 Å². The van der Waals surface area contributed by atoms with Crippen LogP contribution in [0.4, 0.5) is 0 Å². The molecule has 0 spiro atoms. The van der Waals surface area contributed by atoms with Gasteiger partial charge in [-0.1, -0.05) is 19.9 Å². The second-order valence-corrected chi connectivity index (χ2v) is 5.58. The number of ether oxygens (including phenoxy) is 1. The van der Waals surface area contributed by atoms with Gasteiger partial charge in [0.05, 0.1) is 6.61 Å². The summed E-state index contributed by atoms with van der Waals surface area (Å²) in [5.41, 5.74) is 0.237. The zero-order valence-electron chi connectivity index (χ0n) is 12.6. The predicted octanol–water partition coefficient (Wildman–Crippen LogP) is -1.24. The van der Waals surface area contributed by atoms with Crippen molar-refractivity contribution in [3.8, 4) is 0 Å². The van der Waals surface area contributed by atoms with Gasteiger partial charge < -0.3 is 6.16 Å². The Morgan fingerprint density at radius 2 is 2.00 bits per heavy atom. The van der Waals surface area contributed by atoms with Crippen LogP contribution in [0, 0.1) is 0 Å². The molecule has 0 saturated carbocycles. The van der Waals surface area contributed by atoms with E-state index in [-0.39, 0.29) is 48.9 Å². The summed E-state index contributed by atoms with van der Waals surface area (Å²) in [6.07, 6.45) is 0.792. The molecule has 0 fully saturated rings. The first-order chi connectivity index (χ1) is 7.78. The molecule has 18 heavy (non-hydrogen) atoms. The zero-order valence-corrected chi connectivity index (χ0v) is 14.4. The Kier molecular flexibility index (Phi) is 11.3. The van der Waals surface area contributed by atoms with Gasteiger partial charge in [0.25, 0.3) is 10.1 Å². The fraction of sp³-hybridized carbons (Fsp3) is 0.727. The normalized spacial score (nSPS) is 12.4. The standard InChI is InChI=1S/C11H20O5S.Na.H/c1-5-6-7-15-17(13,14)8-10(4)16-11(12)9(2)3;;/h10H,2,5-8H2,1,3-4H3;;/q;+1;-1. The van der Waals surface area contributed by atoms with Crippen molar-refractivity contribution in [3.63, 3.8) is 0 Å². The van der Waals surface area contributed by atoms with Crippen LogP contribution in [-0.4, -0.2) is 32.9 Å². The fourth-order valence-corrected chi connectivity index (χ4v) is 2.09. The summed E-state index contributed by atoms with van der Waals surface area (Å²) in [7, 11) is -3.63. The van der Waals surface area contributed by atoms with E-state index in [9.17, 15) is 13.2 Å². The number of rotatable bonds is 8. The van der Waals surface area contributed by atoms with Crippen molar-refractivity contribution in [2.75, 3.05) is 12.4 Å². The molecule has 7 heteroatoms. The molecule has 0 aromatic rings. The first-order valence-electron chi connectivity index (χ1n) is 5.52. The SMILES string of the molecule is C=C(C)C(=O)OC(C)CS(=O)(=O)OCCCC.[H-].[Na+]. The zero-order chi connectivity index (χ0) is 13.5. The van der Waals surface area contributed by atoms with Gasteiger partial charge in [0.1, 0.15) is 11.9 Å². The van der Waals surface area contributed by atoms with E-state index < -0.39 is 22.2 Å². The van der Waals surface area contributed by atoms with Gasteiger partial charge in [0.15, 0.2) is 0 Å². The van der Waals surface area contributed by atoms with E-state index >= 15 is 0 Å². The molecule has 0 bridgehead atoms. The summed E-state index contributed by atoms with van der Waals surface area (Å²) in [5.74, 6) is -0.934. The van der Waals surface area contributed by atoms with Crippen molar-refractivity contribution < 1.29 is 53.1 Å². The topological polar surface area (TPSA) is 69.7 Å². The predicted molar refractivity (Wildman–Crippen MR) is 66.1 cm³/mol. The molecule has 0 aromatic carbocycles. The first kappa shape index (κ1) is 20.4. The Labute approximate surface area is 133 Å². The van der Waals surface area contributed by atoms with Crippen LogP contribution in [0.3, 0.4) is 0 Å². The van der Waals surface area contributed by atoms with E-state index in [2.05, 4.69) is 6.58 Å². The number of hydrogen-bond acceptors (Lipinski definition) is 5. The number of carbonyl (C=O) groups is 1. The van der Waals surface area contributed by atoms with Crippen LogP contribution < -0.4 is 29.6 Å². The molecule has 1 atom stereocenters. The summed E-state index contributed by atoms with van der Waals surface area (Å²) in [4.78, 5) is 11.1. The van der Waals surface area contributed by atoms with Gasteiger partial charge in [0, 0.05) is 5.57 Å². The second kappa shape index (κ2) is 9.97. The molecule has 0 aliphatic rings. The Hall–Kier alpha value is 0.120. The third-order valence-corrected chi connectivity index (χ3v) is 3.26. The quantitative estimate of drug-likeness (QED) is 0.184. The Balaban J connectivity index is -0.00000128. The maximum atomic E-state index is 11.4. The van der Waals surface area contributed by atoms with E-state index in [1.54, 1.807) is 0 Å². The van der Waals surface area contributed by atoms with E-state index in [0.717, 1.165) is 6.42 Å². The average molecular weight is 288 g/mol. The molecule has 0 aromatic heterocycles. The Morgan fingerprint density at radius 3 is 2.44 bits per heavy atom.